The molecule has 1 unspecified atom stereocenters. The van der Waals surface area contributed by atoms with E-state index in [0.717, 1.165) is 0 Å². The molecule has 1 aliphatic heterocycles. The number of piperidine rings is 1. The monoisotopic (exact) mass is 397 g/mol. The number of pyridine rings is 1. The second kappa shape index (κ2) is 7.31. The summed E-state index contributed by atoms with van der Waals surface area (Å²) < 4.78 is 5.67. The lowest BCUT2D eigenvalue weighted by Crippen LogP contribution is -2.52. The lowest BCUT2D eigenvalue weighted by atomic mass is 10.1. The second-order valence-corrected chi connectivity index (χ2v) is 7.01. The van der Waals surface area contributed by atoms with Crippen LogP contribution in [-0.4, -0.2) is 45.8 Å². The molecule has 142 valence electrons. The first-order valence-electron chi connectivity index (χ1n) is 8.45. The third kappa shape index (κ3) is 3.41. The van der Waals surface area contributed by atoms with Crippen molar-refractivity contribution in [3.63, 3.8) is 0 Å². The summed E-state index contributed by atoms with van der Waals surface area (Å²) in [6, 6.07) is 4.45. The highest BCUT2D eigenvalue weighted by Crippen LogP contribution is 2.26. The van der Waals surface area contributed by atoms with E-state index < -0.39 is 17.9 Å². The highest BCUT2D eigenvalue weighted by Gasteiger charge is 2.29. The third-order valence-electron chi connectivity index (χ3n) is 4.27. The number of amides is 3. The molecule has 4 heterocycles. The Hall–Kier alpha value is -3.40. The zero-order valence-corrected chi connectivity index (χ0v) is 15.6. The normalized spacial score (nSPS) is 16.7. The Morgan fingerprint density at radius 2 is 2.14 bits per heavy atom. The van der Waals surface area contributed by atoms with E-state index in [9.17, 15) is 14.4 Å². The van der Waals surface area contributed by atoms with Crippen molar-refractivity contribution >= 4 is 39.3 Å². The molecule has 10 heteroatoms. The summed E-state index contributed by atoms with van der Waals surface area (Å²) in [5.74, 6) is -0.550. The number of ether oxygens (including phenoxy) is 1. The van der Waals surface area contributed by atoms with Crippen LogP contribution in [0.4, 0.5) is 0 Å². The third-order valence-corrected chi connectivity index (χ3v) is 5.18. The quantitative estimate of drug-likeness (QED) is 0.636. The molecule has 3 aromatic heterocycles. The van der Waals surface area contributed by atoms with Gasteiger partial charge < -0.3 is 10.1 Å². The lowest BCUT2D eigenvalue weighted by molar-refractivity contribution is -0.134. The molecule has 3 amide bonds. The number of imide groups is 1. The van der Waals surface area contributed by atoms with Gasteiger partial charge in [-0.05, 0) is 23.9 Å². The van der Waals surface area contributed by atoms with Gasteiger partial charge in [-0.1, -0.05) is 0 Å². The number of nitrogens with zero attached hydrogens (tertiary/aromatic N) is 3. The van der Waals surface area contributed by atoms with Crippen LogP contribution < -0.4 is 15.4 Å². The average Bonchev–Trinajstić information content (AvgIpc) is 3.18. The maximum atomic E-state index is 12.8. The average molecular weight is 397 g/mol. The Morgan fingerprint density at radius 1 is 1.29 bits per heavy atom. The Morgan fingerprint density at radius 3 is 2.86 bits per heavy atom. The van der Waals surface area contributed by atoms with Gasteiger partial charge in [0.05, 0.1) is 17.3 Å². The molecule has 0 bridgehead atoms. The van der Waals surface area contributed by atoms with Gasteiger partial charge in [0.15, 0.2) is 5.82 Å². The van der Waals surface area contributed by atoms with Crippen molar-refractivity contribution < 1.29 is 19.1 Å². The molecule has 2 N–H and O–H groups in total. The van der Waals surface area contributed by atoms with Crippen LogP contribution in [-0.2, 0) is 9.59 Å². The maximum Gasteiger partial charge on any atom is 0.272 e. The summed E-state index contributed by atoms with van der Waals surface area (Å²) in [7, 11) is 1.52. The standard InChI is InChI=1S/C18H15N5O4S/c1-27-13-5-2-9(8-19-13)16-20-10-6-7-28-15(10)14(23-16)18(26)21-11-3-4-12(24)22-17(11)25/h2,5-8,11H,3-4H2,1H3,(H,21,26)(H,22,24,25). The van der Waals surface area contributed by atoms with E-state index in [1.807, 2.05) is 5.38 Å². The van der Waals surface area contributed by atoms with Gasteiger partial charge in [0, 0.05) is 24.2 Å². The number of aromatic nitrogens is 3. The molecule has 0 aliphatic carbocycles. The highest BCUT2D eigenvalue weighted by molar-refractivity contribution is 7.17. The van der Waals surface area contributed by atoms with E-state index in [0.29, 0.717) is 27.5 Å². The number of carbonyl (C=O) groups excluding carboxylic acids is 3. The van der Waals surface area contributed by atoms with Crippen molar-refractivity contribution in [1.82, 2.24) is 25.6 Å². The smallest absolute Gasteiger partial charge is 0.272 e. The summed E-state index contributed by atoms with van der Waals surface area (Å²) in [6.45, 7) is 0. The van der Waals surface area contributed by atoms with Crippen LogP contribution in [0.1, 0.15) is 23.3 Å². The zero-order valence-electron chi connectivity index (χ0n) is 14.8. The number of fused-ring (bicyclic) bond motifs is 1. The number of methoxy groups -OCH3 is 1. The number of hydrogen-bond donors (Lipinski definition) is 2. The summed E-state index contributed by atoms with van der Waals surface area (Å²) in [6.07, 6.45) is 2.00. The molecular formula is C18H15N5O4S. The van der Waals surface area contributed by atoms with Crippen LogP contribution >= 0.6 is 11.3 Å². The van der Waals surface area contributed by atoms with Gasteiger partial charge in [-0.25, -0.2) is 15.0 Å². The van der Waals surface area contributed by atoms with Crippen molar-refractivity contribution in [2.24, 2.45) is 0 Å². The van der Waals surface area contributed by atoms with Crippen molar-refractivity contribution in [3.8, 4) is 17.3 Å². The molecule has 3 aromatic rings. The van der Waals surface area contributed by atoms with Gasteiger partial charge in [0.1, 0.15) is 11.7 Å². The number of rotatable bonds is 4. The fourth-order valence-electron chi connectivity index (χ4n) is 2.84. The van der Waals surface area contributed by atoms with Crippen LogP contribution in [0.5, 0.6) is 5.88 Å². The molecule has 1 aliphatic rings. The SMILES string of the molecule is COc1ccc(-c2nc(C(=O)NC3CCC(=O)NC3=O)c3sccc3n2)cn1. The van der Waals surface area contributed by atoms with E-state index in [4.69, 9.17) is 4.74 Å². The molecule has 1 atom stereocenters. The molecule has 0 radical (unpaired) electrons. The fraction of sp³-hybridized carbons (Fsp3) is 0.222. The van der Waals surface area contributed by atoms with Crippen molar-refractivity contribution in [2.45, 2.75) is 18.9 Å². The Balaban J connectivity index is 1.67. The van der Waals surface area contributed by atoms with Crippen molar-refractivity contribution in [2.75, 3.05) is 7.11 Å². The summed E-state index contributed by atoms with van der Waals surface area (Å²) >= 11 is 1.34. The lowest BCUT2D eigenvalue weighted by Gasteiger charge is -2.21. The Kier molecular flexibility index (Phi) is 4.70. The summed E-state index contributed by atoms with van der Waals surface area (Å²) in [4.78, 5) is 49.1. The van der Waals surface area contributed by atoms with Crippen LogP contribution in [0, 0.1) is 0 Å². The van der Waals surface area contributed by atoms with Gasteiger partial charge in [-0.2, -0.15) is 0 Å². The van der Waals surface area contributed by atoms with Gasteiger partial charge in [-0.15, -0.1) is 11.3 Å². The number of carbonyl (C=O) groups is 3. The molecule has 1 fully saturated rings. The zero-order chi connectivity index (χ0) is 19.7. The molecule has 9 nitrogen and oxygen atoms in total. The maximum absolute atomic E-state index is 12.8. The number of thiophene rings is 1. The van der Waals surface area contributed by atoms with E-state index in [1.165, 1.54) is 18.4 Å². The van der Waals surface area contributed by atoms with Crippen LogP contribution in [0.3, 0.4) is 0 Å². The minimum Gasteiger partial charge on any atom is -0.481 e. The van der Waals surface area contributed by atoms with E-state index in [1.54, 1.807) is 24.4 Å². The molecule has 4 rings (SSSR count). The minimum absolute atomic E-state index is 0.176. The van der Waals surface area contributed by atoms with Crippen LogP contribution in [0.2, 0.25) is 0 Å². The first-order chi connectivity index (χ1) is 13.5. The first kappa shape index (κ1) is 18.0. The second-order valence-electron chi connectivity index (χ2n) is 6.10. The predicted molar refractivity (Wildman–Crippen MR) is 101 cm³/mol. The molecule has 0 saturated carbocycles. The van der Waals surface area contributed by atoms with Gasteiger partial charge >= 0.3 is 0 Å². The molecular weight excluding hydrogens is 382 g/mol. The summed E-state index contributed by atoms with van der Waals surface area (Å²) in [5.41, 5.74) is 1.43. The molecule has 1 saturated heterocycles. The first-order valence-corrected chi connectivity index (χ1v) is 9.33. The highest BCUT2D eigenvalue weighted by atomic mass is 32.1. The topological polar surface area (TPSA) is 123 Å². The van der Waals surface area contributed by atoms with Crippen LogP contribution in [0.25, 0.3) is 21.6 Å². The fourth-order valence-corrected chi connectivity index (χ4v) is 3.66. The number of hydrogen-bond acceptors (Lipinski definition) is 8. The predicted octanol–water partition coefficient (Wildman–Crippen LogP) is 1.30. The van der Waals surface area contributed by atoms with Crippen molar-refractivity contribution in [1.29, 1.82) is 0 Å². The largest absolute Gasteiger partial charge is 0.481 e. The number of nitrogens with one attached hydrogen (secondary N) is 2. The van der Waals surface area contributed by atoms with Gasteiger partial charge in [0.2, 0.25) is 17.7 Å². The van der Waals surface area contributed by atoms with Crippen molar-refractivity contribution in [3.05, 3.63) is 35.5 Å². The molecule has 28 heavy (non-hydrogen) atoms. The van der Waals surface area contributed by atoms with Crippen LogP contribution in [0.15, 0.2) is 29.8 Å². The van der Waals surface area contributed by atoms with E-state index >= 15 is 0 Å². The Labute approximate surface area is 163 Å². The summed E-state index contributed by atoms with van der Waals surface area (Å²) in [5, 5.41) is 6.70. The Bertz CT molecular complexity index is 1080. The molecule has 0 spiro atoms. The molecule has 0 aromatic carbocycles. The van der Waals surface area contributed by atoms with Gasteiger partial charge in [0.25, 0.3) is 5.91 Å². The van der Waals surface area contributed by atoms with E-state index in [2.05, 4.69) is 25.6 Å². The minimum atomic E-state index is -0.777. The van der Waals surface area contributed by atoms with E-state index in [-0.39, 0.29) is 24.4 Å². The van der Waals surface area contributed by atoms with Gasteiger partial charge in [-0.3, -0.25) is 19.7 Å².